The Balaban J connectivity index is 1.97. The molecule has 1 heterocycles. The van der Waals surface area contributed by atoms with Gasteiger partial charge < -0.3 is 10.8 Å². The number of aliphatic carboxylic acids is 1. The Labute approximate surface area is 105 Å². The number of rotatable bonds is 4. The van der Waals surface area contributed by atoms with Crippen LogP contribution in [-0.4, -0.2) is 26.4 Å². The van der Waals surface area contributed by atoms with E-state index in [0.717, 1.165) is 19.3 Å². The lowest BCUT2D eigenvalue weighted by molar-refractivity contribution is -0.144. The zero-order valence-electron chi connectivity index (χ0n) is 9.47. The topological polar surface area (TPSA) is 81.1 Å². The zero-order chi connectivity index (χ0) is 12.5. The lowest BCUT2D eigenvalue weighted by Gasteiger charge is -2.26. The molecule has 1 aliphatic rings. The van der Waals surface area contributed by atoms with Crippen molar-refractivity contribution in [2.24, 2.45) is 11.7 Å². The van der Waals surface area contributed by atoms with Gasteiger partial charge in [-0.15, -0.1) is 0 Å². The molecule has 0 radical (unpaired) electrons. The van der Waals surface area contributed by atoms with Crippen molar-refractivity contribution in [2.75, 3.05) is 0 Å². The number of aromatic nitrogens is 2. The molecule has 1 fully saturated rings. The second-order valence-electron chi connectivity index (χ2n) is 4.64. The van der Waals surface area contributed by atoms with Gasteiger partial charge in [-0.05, 0) is 25.2 Å². The minimum atomic E-state index is -1.06. The molecule has 6 heteroatoms. The highest BCUT2D eigenvalue weighted by molar-refractivity contribution is 6.30. The van der Waals surface area contributed by atoms with Crippen LogP contribution < -0.4 is 5.73 Å². The third-order valence-electron chi connectivity index (χ3n) is 3.58. The van der Waals surface area contributed by atoms with Gasteiger partial charge in [0.25, 0.3) is 0 Å². The van der Waals surface area contributed by atoms with Gasteiger partial charge in [0, 0.05) is 12.7 Å². The predicted molar refractivity (Wildman–Crippen MR) is 63.7 cm³/mol. The van der Waals surface area contributed by atoms with Gasteiger partial charge in [-0.1, -0.05) is 18.0 Å². The Kier molecular flexibility index (Phi) is 3.40. The number of carboxylic acids is 1. The summed E-state index contributed by atoms with van der Waals surface area (Å²) < 4.78 is 1.73. The second-order valence-corrected chi connectivity index (χ2v) is 5.08. The first-order valence-electron chi connectivity index (χ1n) is 5.72. The first kappa shape index (κ1) is 12.4. The van der Waals surface area contributed by atoms with Crippen LogP contribution in [0.2, 0.25) is 5.02 Å². The van der Waals surface area contributed by atoms with Crippen molar-refractivity contribution >= 4 is 17.6 Å². The molecule has 0 amide bonds. The molecule has 17 heavy (non-hydrogen) atoms. The summed E-state index contributed by atoms with van der Waals surface area (Å²) in [6.45, 7) is 0.656. The Morgan fingerprint density at radius 3 is 3.12 bits per heavy atom. The summed E-state index contributed by atoms with van der Waals surface area (Å²) in [6, 6.07) is 0. The number of hydrogen-bond donors (Lipinski definition) is 2. The first-order valence-corrected chi connectivity index (χ1v) is 6.10. The van der Waals surface area contributed by atoms with E-state index in [1.54, 1.807) is 17.1 Å². The SMILES string of the molecule is NC1(C(=O)O)CCCC1CCn1cc(Cl)cn1. The highest BCUT2D eigenvalue weighted by Gasteiger charge is 2.45. The zero-order valence-corrected chi connectivity index (χ0v) is 10.2. The highest BCUT2D eigenvalue weighted by Crippen LogP contribution is 2.36. The molecule has 3 N–H and O–H groups in total. The quantitative estimate of drug-likeness (QED) is 0.857. The summed E-state index contributed by atoms with van der Waals surface area (Å²) in [7, 11) is 0. The Morgan fingerprint density at radius 1 is 1.76 bits per heavy atom. The molecule has 1 saturated carbocycles. The molecular formula is C11H16ClN3O2. The van der Waals surface area contributed by atoms with E-state index in [1.807, 2.05) is 0 Å². The number of aryl methyl sites for hydroxylation is 1. The lowest BCUT2D eigenvalue weighted by Crippen LogP contribution is -2.51. The first-order chi connectivity index (χ1) is 8.02. The highest BCUT2D eigenvalue weighted by atomic mass is 35.5. The van der Waals surface area contributed by atoms with Crippen molar-refractivity contribution in [1.82, 2.24) is 9.78 Å². The van der Waals surface area contributed by atoms with E-state index < -0.39 is 11.5 Å². The van der Waals surface area contributed by atoms with E-state index in [2.05, 4.69) is 5.10 Å². The minimum absolute atomic E-state index is 0.0166. The van der Waals surface area contributed by atoms with E-state index in [4.69, 9.17) is 17.3 Å². The van der Waals surface area contributed by atoms with Crippen LogP contribution in [0, 0.1) is 5.92 Å². The largest absolute Gasteiger partial charge is 0.480 e. The molecular weight excluding hydrogens is 242 g/mol. The van der Waals surface area contributed by atoms with Crippen LogP contribution in [0.15, 0.2) is 12.4 Å². The summed E-state index contributed by atoms with van der Waals surface area (Å²) in [5.74, 6) is -0.874. The number of hydrogen-bond acceptors (Lipinski definition) is 3. The van der Waals surface area contributed by atoms with Crippen LogP contribution >= 0.6 is 11.6 Å². The third kappa shape index (κ3) is 2.45. The molecule has 1 aromatic heterocycles. The molecule has 1 aliphatic carbocycles. The normalized spacial score (nSPS) is 28.5. The van der Waals surface area contributed by atoms with Crippen LogP contribution in [-0.2, 0) is 11.3 Å². The minimum Gasteiger partial charge on any atom is -0.480 e. The van der Waals surface area contributed by atoms with Crippen LogP contribution in [0.25, 0.3) is 0 Å². The third-order valence-corrected chi connectivity index (χ3v) is 3.77. The monoisotopic (exact) mass is 257 g/mol. The number of carbonyl (C=O) groups is 1. The molecule has 0 aliphatic heterocycles. The fraction of sp³-hybridized carbons (Fsp3) is 0.636. The summed E-state index contributed by atoms with van der Waals surface area (Å²) in [6.07, 6.45) is 6.34. The average Bonchev–Trinajstić information content (AvgIpc) is 2.83. The van der Waals surface area contributed by atoms with Gasteiger partial charge >= 0.3 is 5.97 Å². The van der Waals surface area contributed by atoms with Crippen molar-refractivity contribution in [1.29, 1.82) is 0 Å². The number of carboxylic acid groups (broad SMARTS) is 1. The van der Waals surface area contributed by atoms with E-state index in [-0.39, 0.29) is 5.92 Å². The summed E-state index contributed by atoms with van der Waals surface area (Å²) in [5, 5.41) is 13.8. The average molecular weight is 258 g/mol. The van der Waals surface area contributed by atoms with Crippen LogP contribution in [0.3, 0.4) is 0 Å². The van der Waals surface area contributed by atoms with Gasteiger partial charge in [-0.2, -0.15) is 5.10 Å². The molecule has 0 saturated heterocycles. The second kappa shape index (κ2) is 4.66. The molecule has 94 valence electrons. The Bertz CT molecular complexity index is 421. The maximum Gasteiger partial charge on any atom is 0.323 e. The fourth-order valence-corrected chi connectivity index (χ4v) is 2.69. The molecule has 0 bridgehead atoms. The summed E-state index contributed by atoms with van der Waals surface area (Å²) in [5.41, 5.74) is 4.90. The Morgan fingerprint density at radius 2 is 2.53 bits per heavy atom. The molecule has 2 rings (SSSR count). The van der Waals surface area contributed by atoms with Crippen LogP contribution in [0.4, 0.5) is 0 Å². The smallest absolute Gasteiger partial charge is 0.323 e. The molecule has 2 unspecified atom stereocenters. The maximum atomic E-state index is 11.2. The predicted octanol–water partition coefficient (Wildman–Crippen LogP) is 1.51. The van der Waals surface area contributed by atoms with Gasteiger partial charge in [-0.25, -0.2) is 0 Å². The number of halogens is 1. The fourth-order valence-electron chi connectivity index (χ4n) is 2.53. The van der Waals surface area contributed by atoms with Gasteiger partial charge in [0.1, 0.15) is 5.54 Å². The van der Waals surface area contributed by atoms with Gasteiger partial charge in [-0.3, -0.25) is 9.48 Å². The van der Waals surface area contributed by atoms with Crippen molar-refractivity contribution in [3.63, 3.8) is 0 Å². The Hall–Kier alpha value is -1.07. The van der Waals surface area contributed by atoms with Gasteiger partial charge in [0.15, 0.2) is 0 Å². The van der Waals surface area contributed by atoms with E-state index in [0.29, 0.717) is 18.0 Å². The molecule has 0 spiro atoms. The standard InChI is InChI=1S/C11H16ClN3O2/c12-9-6-14-15(7-9)5-3-8-2-1-4-11(8,13)10(16)17/h6-8H,1-5,13H2,(H,16,17). The van der Waals surface area contributed by atoms with Crippen molar-refractivity contribution in [2.45, 2.75) is 37.8 Å². The molecule has 5 nitrogen and oxygen atoms in total. The molecule has 2 atom stereocenters. The van der Waals surface area contributed by atoms with Crippen LogP contribution in [0.1, 0.15) is 25.7 Å². The van der Waals surface area contributed by atoms with Crippen molar-refractivity contribution < 1.29 is 9.90 Å². The van der Waals surface area contributed by atoms with Crippen molar-refractivity contribution in [3.8, 4) is 0 Å². The molecule has 0 aromatic carbocycles. The number of nitrogens with zero attached hydrogens (tertiary/aromatic N) is 2. The summed E-state index contributed by atoms with van der Waals surface area (Å²) in [4.78, 5) is 11.2. The summed E-state index contributed by atoms with van der Waals surface area (Å²) >= 11 is 5.76. The van der Waals surface area contributed by atoms with E-state index in [1.165, 1.54) is 0 Å². The molecule has 1 aromatic rings. The van der Waals surface area contributed by atoms with Crippen molar-refractivity contribution in [3.05, 3.63) is 17.4 Å². The maximum absolute atomic E-state index is 11.2. The number of nitrogens with two attached hydrogens (primary N) is 1. The lowest BCUT2D eigenvalue weighted by atomic mass is 9.86. The van der Waals surface area contributed by atoms with Gasteiger partial charge in [0.05, 0.1) is 11.2 Å². The van der Waals surface area contributed by atoms with Gasteiger partial charge in [0.2, 0.25) is 0 Å². The van der Waals surface area contributed by atoms with Crippen LogP contribution in [0.5, 0.6) is 0 Å². The van der Waals surface area contributed by atoms with E-state index >= 15 is 0 Å². The van der Waals surface area contributed by atoms with E-state index in [9.17, 15) is 9.90 Å².